The average Bonchev–Trinajstić information content (AvgIpc) is 2.31. The van der Waals surface area contributed by atoms with Crippen LogP contribution in [0.1, 0.15) is 6.92 Å². The van der Waals surface area contributed by atoms with E-state index in [4.69, 9.17) is 15.9 Å². The lowest BCUT2D eigenvalue weighted by Crippen LogP contribution is -2.16. The van der Waals surface area contributed by atoms with Crippen molar-refractivity contribution >= 4 is 9.84 Å². The van der Waals surface area contributed by atoms with Crippen molar-refractivity contribution in [3.8, 4) is 23.8 Å². The lowest BCUT2D eigenvalue weighted by atomic mass is 10.3. The van der Waals surface area contributed by atoms with Gasteiger partial charge in [0, 0.05) is 0 Å². The molecule has 0 aromatic heterocycles. The van der Waals surface area contributed by atoms with Crippen LogP contribution in [0, 0.1) is 12.3 Å². The maximum Gasteiger partial charge on any atom is 0.164 e. The molecule has 0 atom stereocenters. The number of rotatable bonds is 7. The predicted molar refractivity (Wildman–Crippen MR) is 70.6 cm³/mol. The number of sulfone groups is 1. The minimum atomic E-state index is -3.20. The summed E-state index contributed by atoms with van der Waals surface area (Å²) in [5.41, 5.74) is 0. The van der Waals surface area contributed by atoms with Crippen LogP contribution in [-0.4, -0.2) is 33.1 Å². The van der Waals surface area contributed by atoms with Gasteiger partial charge in [0.05, 0.1) is 12.4 Å². The van der Waals surface area contributed by atoms with Crippen LogP contribution in [0.3, 0.4) is 0 Å². The molecule has 0 spiro atoms. The van der Waals surface area contributed by atoms with Gasteiger partial charge in [-0.05, 0) is 31.2 Å². The summed E-state index contributed by atoms with van der Waals surface area (Å²) in [7, 11) is -3.20. The van der Waals surface area contributed by atoms with E-state index in [1.807, 2.05) is 6.92 Å². The highest BCUT2D eigenvalue weighted by atomic mass is 32.2. The van der Waals surface area contributed by atoms with E-state index in [-0.39, 0.29) is 18.1 Å². The summed E-state index contributed by atoms with van der Waals surface area (Å²) in [6.45, 7) is 2.60. The number of hydrogen-bond donors (Lipinski definition) is 0. The van der Waals surface area contributed by atoms with Gasteiger partial charge in [0.25, 0.3) is 0 Å². The highest BCUT2D eigenvalue weighted by molar-refractivity contribution is 7.91. The van der Waals surface area contributed by atoms with Gasteiger partial charge in [-0.15, -0.1) is 6.42 Å². The molecule has 0 radical (unpaired) electrons. The number of hydrogen-bond acceptors (Lipinski definition) is 4. The summed E-state index contributed by atoms with van der Waals surface area (Å²) >= 11 is 0. The zero-order valence-corrected chi connectivity index (χ0v) is 11.1. The predicted octanol–water partition coefficient (Wildman–Crippen LogP) is 1.51. The monoisotopic (exact) mass is 268 g/mol. The quantitative estimate of drug-likeness (QED) is 0.703. The molecule has 0 N–H and O–H groups in total. The third-order valence-corrected chi connectivity index (χ3v) is 3.50. The minimum Gasteiger partial charge on any atom is -0.494 e. The first-order valence-corrected chi connectivity index (χ1v) is 7.39. The summed E-state index contributed by atoms with van der Waals surface area (Å²) in [6, 6.07) is 7.02. The Morgan fingerprint density at radius 1 is 1.17 bits per heavy atom. The van der Waals surface area contributed by atoms with Gasteiger partial charge >= 0.3 is 0 Å². The highest BCUT2D eigenvalue weighted by Crippen LogP contribution is 2.17. The zero-order valence-electron chi connectivity index (χ0n) is 10.3. The molecular weight excluding hydrogens is 252 g/mol. The van der Waals surface area contributed by atoms with Crippen molar-refractivity contribution in [1.82, 2.24) is 0 Å². The second kappa shape index (κ2) is 6.92. The maximum atomic E-state index is 11.3. The van der Waals surface area contributed by atoms with Crippen LogP contribution in [-0.2, 0) is 9.84 Å². The molecule has 0 unspecified atom stereocenters. The molecule has 1 aromatic carbocycles. The van der Waals surface area contributed by atoms with Crippen molar-refractivity contribution in [1.29, 1.82) is 0 Å². The molecular formula is C13H16O4S. The molecule has 0 saturated heterocycles. The maximum absolute atomic E-state index is 11.3. The first-order valence-electron chi connectivity index (χ1n) is 5.57. The van der Waals surface area contributed by atoms with Gasteiger partial charge in [-0.25, -0.2) is 8.42 Å². The molecule has 1 rings (SSSR count). The van der Waals surface area contributed by atoms with E-state index in [1.54, 1.807) is 24.3 Å². The normalized spacial score (nSPS) is 10.7. The lowest BCUT2D eigenvalue weighted by molar-refractivity contribution is 0.331. The summed E-state index contributed by atoms with van der Waals surface area (Å²) in [6.07, 6.45) is 4.96. The molecule has 0 aliphatic heterocycles. The summed E-state index contributed by atoms with van der Waals surface area (Å²) < 4.78 is 33.2. The smallest absolute Gasteiger partial charge is 0.164 e. The second-order valence-electron chi connectivity index (χ2n) is 3.55. The van der Waals surface area contributed by atoms with Crippen LogP contribution in [0.5, 0.6) is 11.5 Å². The Bertz CT molecular complexity index is 497. The third-order valence-electron chi connectivity index (χ3n) is 2.10. The zero-order chi connectivity index (χ0) is 13.4. The van der Waals surface area contributed by atoms with Gasteiger partial charge < -0.3 is 9.47 Å². The van der Waals surface area contributed by atoms with Gasteiger partial charge in [0.2, 0.25) is 0 Å². The van der Waals surface area contributed by atoms with Crippen molar-refractivity contribution < 1.29 is 17.9 Å². The van der Waals surface area contributed by atoms with Crippen LogP contribution in [0.4, 0.5) is 0 Å². The Morgan fingerprint density at radius 2 is 1.72 bits per heavy atom. The van der Waals surface area contributed by atoms with Crippen LogP contribution in [0.2, 0.25) is 0 Å². The molecule has 0 aliphatic carbocycles. The van der Waals surface area contributed by atoms with Crippen molar-refractivity contribution in [2.75, 3.05) is 24.7 Å². The fraction of sp³-hybridized carbons (Fsp3) is 0.385. The molecule has 18 heavy (non-hydrogen) atoms. The SMILES string of the molecule is C#CCS(=O)(=O)CCOc1ccc(OCC)cc1. The van der Waals surface area contributed by atoms with Crippen molar-refractivity contribution in [3.05, 3.63) is 24.3 Å². The standard InChI is InChI=1S/C13H16O4S/c1-3-10-18(14,15)11-9-17-13-7-5-12(6-8-13)16-4-2/h1,5-8H,4,9-11H2,2H3. The number of terminal acetylenes is 1. The molecule has 0 heterocycles. The molecule has 1 aromatic rings. The first-order chi connectivity index (χ1) is 8.57. The number of ether oxygens (including phenoxy) is 2. The van der Waals surface area contributed by atoms with E-state index >= 15 is 0 Å². The molecule has 0 saturated carbocycles. The van der Waals surface area contributed by atoms with Crippen LogP contribution in [0.25, 0.3) is 0 Å². The van der Waals surface area contributed by atoms with E-state index in [1.165, 1.54) is 0 Å². The molecule has 0 amide bonds. The van der Waals surface area contributed by atoms with E-state index in [9.17, 15) is 8.42 Å². The van der Waals surface area contributed by atoms with E-state index in [0.717, 1.165) is 5.75 Å². The third kappa shape index (κ3) is 5.11. The lowest BCUT2D eigenvalue weighted by Gasteiger charge is -2.07. The minimum absolute atomic E-state index is 0.0790. The van der Waals surface area contributed by atoms with Gasteiger partial charge in [0.1, 0.15) is 23.9 Å². The van der Waals surface area contributed by atoms with Crippen molar-refractivity contribution in [3.63, 3.8) is 0 Å². The highest BCUT2D eigenvalue weighted by Gasteiger charge is 2.08. The Kier molecular flexibility index (Phi) is 5.53. The molecule has 5 heteroatoms. The summed E-state index contributed by atoms with van der Waals surface area (Å²) in [4.78, 5) is 0. The topological polar surface area (TPSA) is 52.6 Å². The van der Waals surface area contributed by atoms with Crippen molar-refractivity contribution in [2.24, 2.45) is 0 Å². The molecule has 4 nitrogen and oxygen atoms in total. The second-order valence-corrected chi connectivity index (χ2v) is 5.73. The molecule has 0 bridgehead atoms. The van der Waals surface area contributed by atoms with E-state index in [2.05, 4.69) is 5.92 Å². The fourth-order valence-corrected chi connectivity index (χ4v) is 2.02. The molecule has 98 valence electrons. The molecule has 0 aliphatic rings. The average molecular weight is 268 g/mol. The summed E-state index contributed by atoms with van der Waals surface area (Å²) in [5.74, 6) is 3.15. The van der Waals surface area contributed by atoms with E-state index in [0.29, 0.717) is 12.4 Å². The van der Waals surface area contributed by atoms with Gasteiger partial charge in [-0.2, -0.15) is 0 Å². The Balaban J connectivity index is 2.43. The Labute approximate surface area is 108 Å². The first kappa shape index (κ1) is 14.4. The number of benzene rings is 1. The van der Waals surface area contributed by atoms with Gasteiger partial charge in [-0.1, -0.05) is 5.92 Å². The Morgan fingerprint density at radius 3 is 2.22 bits per heavy atom. The fourth-order valence-electron chi connectivity index (χ4n) is 1.28. The Hall–Kier alpha value is -1.67. The van der Waals surface area contributed by atoms with Crippen LogP contribution in [0.15, 0.2) is 24.3 Å². The van der Waals surface area contributed by atoms with Crippen LogP contribution >= 0.6 is 0 Å². The van der Waals surface area contributed by atoms with Gasteiger partial charge in [-0.3, -0.25) is 0 Å². The van der Waals surface area contributed by atoms with E-state index < -0.39 is 9.84 Å². The van der Waals surface area contributed by atoms with Gasteiger partial charge in [0.15, 0.2) is 9.84 Å². The van der Waals surface area contributed by atoms with Crippen molar-refractivity contribution in [2.45, 2.75) is 6.92 Å². The summed E-state index contributed by atoms with van der Waals surface area (Å²) in [5, 5.41) is 0. The molecule has 0 fully saturated rings. The largest absolute Gasteiger partial charge is 0.494 e. The van der Waals surface area contributed by atoms with Crippen LogP contribution < -0.4 is 9.47 Å².